The molecule has 126 valence electrons. The first-order chi connectivity index (χ1) is 11.1. The van der Waals surface area contributed by atoms with Crippen LogP contribution in [0.25, 0.3) is 0 Å². The maximum absolute atomic E-state index is 12.3. The van der Waals surface area contributed by atoms with Gasteiger partial charge in [-0.1, -0.05) is 30.1 Å². The summed E-state index contributed by atoms with van der Waals surface area (Å²) in [6.45, 7) is 3.70. The van der Waals surface area contributed by atoms with Crippen molar-refractivity contribution < 1.29 is 14.3 Å². The molecule has 1 amide bonds. The van der Waals surface area contributed by atoms with Crippen molar-refractivity contribution in [3.63, 3.8) is 0 Å². The van der Waals surface area contributed by atoms with Gasteiger partial charge in [-0.25, -0.2) is 4.99 Å². The zero-order valence-electron chi connectivity index (χ0n) is 13.0. The second kappa shape index (κ2) is 9.11. The predicted molar refractivity (Wildman–Crippen MR) is 91.4 cm³/mol. The number of ether oxygens (including phenoxy) is 2. The van der Waals surface area contributed by atoms with Crippen molar-refractivity contribution in [2.24, 2.45) is 4.99 Å². The van der Waals surface area contributed by atoms with Crippen molar-refractivity contribution in [1.29, 1.82) is 0 Å². The van der Waals surface area contributed by atoms with Gasteiger partial charge in [0.1, 0.15) is 0 Å². The van der Waals surface area contributed by atoms with Crippen LogP contribution in [-0.2, 0) is 9.47 Å². The zero-order chi connectivity index (χ0) is 16.7. The fourth-order valence-corrected chi connectivity index (χ4v) is 2.40. The maximum atomic E-state index is 12.3. The third-order valence-corrected chi connectivity index (χ3v) is 4.05. The van der Waals surface area contributed by atoms with Crippen molar-refractivity contribution >= 4 is 35.1 Å². The average molecular weight is 359 g/mol. The van der Waals surface area contributed by atoms with Gasteiger partial charge in [-0.3, -0.25) is 10.1 Å². The molecule has 5 nitrogen and oxygen atoms in total. The van der Waals surface area contributed by atoms with Crippen molar-refractivity contribution in [1.82, 2.24) is 5.32 Å². The zero-order valence-corrected chi connectivity index (χ0v) is 14.5. The van der Waals surface area contributed by atoms with Crippen LogP contribution in [0.4, 0.5) is 0 Å². The van der Waals surface area contributed by atoms with E-state index in [1.54, 1.807) is 12.1 Å². The molecule has 1 heterocycles. The van der Waals surface area contributed by atoms with Gasteiger partial charge in [0.15, 0.2) is 0 Å². The van der Waals surface area contributed by atoms with E-state index >= 15 is 0 Å². The molecule has 0 spiro atoms. The summed E-state index contributed by atoms with van der Waals surface area (Å²) in [5.41, 5.74) is 0.393. The largest absolute Gasteiger partial charge is 0.465 e. The number of benzene rings is 1. The van der Waals surface area contributed by atoms with E-state index in [0.717, 1.165) is 25.9 Å². The van der Waals surface area contributed by atoms with Crippen LogP contribution in [-0.4, -0.2) is 37.8 Å². The Labute approximate surface area is 146 Å². The second-order valence-corrected chi connectivity index (χ2v) is 6.03. The van der Waals surface area contributed by atoms with Crippen LogP contribution >= 0.6 is 23.2 Å². The smallest absolute Gasteiger partial charge is 0.291 e. The molecule has 1 aromatic carbocycles. The van der Waals surface area contributed by atoms with E-state index in [2.05, 4.69) is 10.3 Å². The summed E-state index contributed by atoms with van der Waals surface area (Å²) in [6.07, 6.45) is 2.94. The molecule has 0 radical (unpaired) electrons. The van der Waals surface area contributed by atoms with Gasteiger partial charge in [-0.15, -0.1) is 0 Å². The fourth-order valence-electron chi connectivity index (χ4n) is 2.10. The SMILES string of the molecule is CCCOC(=NC[C@@H]1CCCO1)NC(=O)c1ccc(Cl)c(Cl)c1. The third kappa shape index (κ3) is 5.68. The quantitative estimate of drug-likeness (QED) is 0.644. The Morgan fingerprint density at radius 2 is 2.26 bits per heavy atom. The Morgan fingerprint density at radius 3 is 2.91 bits per heavy atom. The van der Waals surface area contributed by atoms with Crippen molar-refractivity contribution in [3.8, 4) is 0 Å². The second-order valence-electron chi connectivity index (χ2n) is 5.21. The number of nitrogens with zero attached hydrogens (tertiary/aromatic N) is 1. The van der Waals surface area contributed by atoms with Crippen LogP contribution in [0.5, 0.6) is 0 Å². The minimum Gasteiger partial charge on any atom is -0.465 e. The molecule has 1 aliphatic rings. The van der Waals surface area contributed by atoms with Crippen molar-refractivity contribution in [3.05, 3.63) is 33.8 Å². The molecule has 1 aliphatic heterocycles. The van der Waals surface area contributed by atoms with Gasteiger partial charge in [0.25, 0.3) is 11.9 Å². The number of nitrogens with one attached hydrogen (secondary N) is 1. The summed E-state index contributed by atoms with van der Waals surface area (Å²) in [6, 6.07) is 4.89. The lowest BCUT2D eigenvalue weighted by Crippen LogP contribution is -2.33. The maximum Gasteiger partial charge on any atom is 0.291 e. The van der Waals surface area contributed by atoms with Crippen molar-refractivity contribution in [2.45, 2.75) is 32.3 Å². The molecule has 1 N–H and O–H groups in total. The minimum atomic E-state index is -0.342. The highest BCUT2D eigenvalue weighted by Gasteiger charge is 2.16. The Morgan fingerprint density at radius 1 is 1.43 bits per heavy atom. The Kier molecular flexibility index (Phi) is 7.15. The summed E-state index contributed by atoms with van der Waals surface area (Å²) in [5.74, 6) is -0.342. The predicted octanol–water partition coefficient (Wildman–Crippen LogP) is 3.68. The molecule has 0 saturated carbocycles. The highest BCUT2D eigenvalue weighted by molar-refractivity contribution is 6.42. The van der Waals surface area contributed by atoms with E-state index in [9.17, 15) is 4.79 Å². The number of aliphatic imine (C=N–C) groups is 1. The summed E-state index contributed by atoms with van der Waals surface area (Å²) in [5, 5.41) is 3.40. The number of carbonyl (C=O) groups excluding carboxylic acids is 1. The summed E-state index contributed by atoms with van der Waals surface area (Å²) >= 11 is 11.8. The molecule has 0 bridgehead atoms. The molecular formula is C16H20Cl2N2O3. The first-order valence-corrected chi connectivity index (χ1v) is 8.41. The van der Waals surface area contributed by atoms with Crippen LogP contribution in [0.3, 0.4) is 0 Å². The van der Waals surface area contributed by atoms with Gasteiger partial charge in [0, 0.05) is 12.2 Å². The molecule has 0 aromatic heterocycles. The molecule has 23 heavy (non-hydrogen) atoms. The first-order valence-electron chi connectivity index (χ1n) is 7.65. The molecule has 1 aromatic rings. The van der Waals surface area contributed by atoms with Gasteiger partial charge in [0.05, 0.1) is 29.3 Å². The van der Waals surface area contributed by atoms with Gasteiger partial charge in [-0.2, -0.15) is 0 Å². The number of amidine groups is 1. The van der Waals surface area contributed by atoms with Crippen LogP contribution in [0.1, 0.15) is 36.5 Å². The Bertz CT molecular complexity index is 572. The fraction of sp³-hybridized carbons (Fsp3) is 0.500. The van der Waals surface area contributed by atoms with E-state index in [-0.39, 0.29) is 18.0 Å². The molecule has 1 saturated heterocycles. The molecule has 7 heteroatoms. The van der Waals surface area contributed by atoms with Gasteiger partial charge in [-0.05, 0) is 37.5 Å². The van der Waals surface area contributed by atoms with Gasteiger partial charge in [0.2, 0.25) is 0 Å². The van der Waals surface area contributed by atoms with E-state index in [1.165, 1.54) is 6.07 Å². The van der Waals surface area contributed by atoms with Crippen LogP contribution in [0.15, 0.2) is 23.2 Å². The van der Waals surface area contributed by atoms with Crippen LogP contribution in [0, 0.1) is 0 Å². The van der Waals surface area contributed by atoms with E-state index in [1.807, 2.05) is 6.92 Å². The Balaban J connectivity index is 2.01. The molecule has 1 atom stereocenters. The van der Waals surface area contributed by atoms with Gasteiger partial charge >= 0.3 is 0 Å². The topological polar surface area (TPSA) is 59.9 Å². The lowest BCUT2D eigenvalue weighted by atomic mass is 10.2. The number of carbonyl (C=O) groups is 1. The summed E-state index contributed by atoms with van der Waals surface area (Å²) in [7, 11) is 0. The van der Waals surface area contributed by atoms with E-state index < -0.39 is 0 Å². The van der Waals surface area contributed by atoms with Crippen LogP contribution < -0.4 is 5.32 Å². The van der Waals surface area contributed by atoms with Gasteiger partial charge < -0.3 is 9.47 Å². The average Bonchev–Trinajstić information content (AvgIpc) is 3.06. The highest BCUT2D eigenvalue weighted by Crippen LogP contribution is 2.22. The number of hydrogen-bond acceptors (Lipinski definition) is 4. The van der Waals surface area contributed by atoms with E-state index in [0.29, 0.717) is 28.8 Å². The third-order valence-electron chi connectivity index (χ3n) is 3.31. The first kappa shape index (κ1) is 18.0. The molecule has 2 rings (SSSR count). The van der Waals surface area contributed by atoms with Crippen molar-refractivity contribution in [2.75, 3.05) is 19.8 Å². The standard InChI is InChI=1S/C16H20Cl2N2O3/c1-2-7-23-16(19-10-12-4-3-8-22-12)20-15(21)11-5-6-13(17)14(18)9-11/h5-6,9,12H,2-4,7-8,10H2,1H3,(H,19,20,21)/t12-/m0/s1. The monoisotopic (exact) mass is 358 g/mol. The minimum absolute atomic E-state index is 0.0945. The number of halogens is 2. The summed E-state index contributed by atoms with van der Waals surface area (Å²) in [4.78, 5) is 16.6. The molecule has 0 aliphatic carbocycles. The molecular weight excluding hydrogens is 339 g/mol. The number of hydrogen-bond donors (Lipinski definition) is 1. The normalized spacial score (nSPS) is 18.0. The molecule has 1 fully saturated rings. The number of amides is 1. The lowest BCUT2D eigenvalue weighted by molar-refractivity contribution is 0.0962. The lowest BCUT2D eigenvalue weighted by Gasteiger charge is -2.12. The van der Waals surface area contributed by atoms with Crippen LogP contribution in [0.2, 0.25) is 10.0 Å². The number of rotatable bonds is 5. The highest BCUT2D eigenvalue weighted by atomic mass is 35.5. The van der Waals surface area contributed by atoms with E-state index in [4.69, 9.17) is 32.7 Å². The molecule has 0 unspecified atom stereocenters. The summed E-state index contributed by atoms with van der Waals surface area (Å²) < 4.78 is 11.0. The Hall–Kier alpha value is -1.30.